The van der Waals surface area contributed by atoms with E-state index in [0.717, 1.165) is 11.3 Å². The second-order valence-corrected chi connectivity index (χ2v) is 6.30. The zero-order valence-corrected chi connectivity index (χ0v) is 12.3. The van der Waals surface area contributed by atoms with E-state index in [9.17, 15) is 8.42 Å². The number of anilines is 3. The molecule has 0 amide bonds. The maximum atomic E-state index is 11.4. The molecule has 0 saturated heterocycles. The molecular weight excluding hydrogens is 298 g/mol. The predicted molar refractivity (Wildman–Crippen MR) is 81.7 cm³/mol. The molecule has 2 aromatic carbocycles. The lowest BCUT2D eigenvalue weighted by molar-refractivity contribution is 0.598. The average molecular weight is 312 g/mol. The molecule has 0 bridgehead atoms. The zero-order valence-electron chi connectivity index (χ0n) is 10.7. The van der Waals surface area contributed by atoms with Crippen molar-refractivity contribution in [3.63, 3.8) is 0 Å². The van der Waals surface area contributed by atoms with E-state index in [4.69, 9.17) is 22.5 Å². The third-order valence-corrected chi connectivity index (χ3v) is 4.21. The monoisotopic (exact) mass is 311 g/mol. The number of halogens is 1. The van der Waals surface area contributed by atoms with Gasteiger partial charge in [-0.2, -0.15) is 0 Å². The smallest absolute Gasteiger partial charge is 0.238 e. The van der Waals surface area contributed by atoms with Gasteiger partial charge in [0.1, 0.15) is 0 Å². The van der Waals surface area contributed by atoms with Crippen LogP contribution >= 0.6 is 11.6 Å². The summed E-state index contributed by atoms with van der Waals surface area (Å²) in [4.78, 5) is -0.00567. The molecule has 0 radical (unpaired) electrons. The molecule has 0 spiro atoms. The van der Waals surface area contributed by atoms with E-state index in [1.54, 1.807) is 12.1 Å². The van der Waals surface area contributed by atoms with Crippen molar-refractivity contribution in [2.24, 2.45) is 5.14 Å². The Labute approximate surface area is 122 Å². The first kappa shape index (κ1) is 14.6. The molecule has 0 aliphatic carbocycles. The van der Waals surface area contributed by atoms with Gasteiger partial charge in [-0.05, 0) is 42.8 Å². The van der Waals surface area contributed by atoms with Gasteiger partial charge >= 0.3 is 0 Å². The van der Waals surface area contributed by atoms with Crippen molar-refractivity contribution >= 4 is 38.7 Å². The normalized spacial score (nSPS) is 11.3. The first-order valence-corrected chi connectivity index (χ1v) is 7.66. The van der Waals surface area contributed by atoms with E-state index in [0.29, 0.717) is 16.4 Å². The molecule has 0 atom stereocenters. The van der Waals surface area contributed by atoms with Crippen molar-refractivity contribution in [3.05, 3.63) is 47.0 Å². The topological polar surface area (TPSA) is 98.2 Å². The van der Waals surface area contributed by atoms with Crippen LogP contribution in [0.5, 0.6) is 0 Å². The number of nitrogen functional groups attached to an aromatic ring is 1. The van der Waals surface area contributed by atoms with Gasteiger partial charge in [-0.25, -0.2) is 13.6 Å². The molecule has 5 N–H and O–H groups in total. The number of primary sulfonamides is 1. The summed E-state index contributed by atoms with van der Waals surface area (Å²) < 4.78 is 22.7. The summed E-state index contributed by atoms with van der Waals surface area (Å²) in [5.41, 5.74) is 8.30. The van der Waals surface area contributed by atoms with Crippen LogP contribution < -0.4 is 16.2 Å². The Bertz CT molecular complexity index is 760. The van der Waals surface area contributed by atoms with E-state index in [1.165, 1.54) is 18.2 Å². The van der Waals surface area contributed by atoms with Crippen LogP contribution in [-0.2, 0) is 10.0 Å². The van der Waals surface area contributed by atoms with E-state index < -0.39 is 10.0 Å². The summed E-state index contributed by atoms with van der Waals surface area (Å²) in [6, 6.07) is 9.63. The Morgan fingerprint density at radius 1 is 1.15 bits per heavy atom. The minimum Gasteiger partial charge on any atom is -0.397 e. The molecule has 7 heteroatoms. The van der Waals surface area contributed by atoms with Crippen molar-refractivity contribution in [1.82, 2.24) is 0 Å². The number of benzene rings is 2. The molecule has 0 aliphatic heterocycles. The van der Waals surface area contributed by atoms with Gasteiger partial charge < -0.3 is 11.1 Å². The molecule has 0 heterocycles. The van der Waals surface area contributed by atoms with Gasteiger partial charge in [0.2, 0.25) is 10.0 Å². The fourth-order valence-corrected chi connectivity index (χ4v) is 2.42. The zero-order chi connectivity index (χ0) is 14.9. The van der Waals surface area contributed by atoms with Gasteiger partial charge in [-0.3, -0.25) is 0 Å². The number of rotatable bonds is 3. The van der Waals surface area contributed by atoms with Crippen LogP contribution in [-0.4, -0.2) is 8.42 Å². The largest absolute Gasteiger partial charge is 0.397 e. The van der Waals surface area contributed by atoms with Crippen LogP contribution in [0.4, 0.5) is 17.1 Å². The maximum absolute atomic E-state index is 11.4. The number of nitrogens with one attached hydrogen (secondary N) is 1. The molecule has 0 fully saturated rings. The van der Waals surface area contributed by atoms with Crippen LogP contribution in [0, 0.1) is 6.92 Å². The van der Waals surface area contributed by atoms with Crippen LogP contribution in [0.2, 0.25) is 5.02 Å². The van der Waals surface area contributed by atoms with E-state index in [1.807, 2.05) is 13.0 Å². The van der Waals surface area contributed by atoms with Crippen LogP contribution in [0.1, 0.15) is 5.56 Å². The van der Waals surface area contributed by atoms with Crippen LogP contribution in [0.15, 0.2) is 41.3 Å². The third-order valence-electron chi connectivity index (χ3n) is 2.89. The molecule has 0 aromatic heterocycles. The van der Waals surface area contributed by atoms with E-state index >= 15 is 0 Å². The summed E-state index contributed by atoms with van der Waals surface area (Å²) in [5, 5.41) is 8.78. The predicted octanol–water partition coefficient (Wildman–Crippen LogP) is 2.62. The molecular formula is C13H14ClN3O2S. The van der Waals surface area contributed by atoms with Crippen molar-refractivity contribution < 1.29 is 8.42 Å². The Balaban J connectivity index is 2.46. The summed E-state index contributed by atoms with van der Waals surface area (Å²) in [5.74, 6) is 0. The van der Waals surface area contributed by atoms with Gasteiger partial charge in [0, 0.05) is 10.7 Å². The van der Waals surface area contributed by atoms with Gasteiger partial charge in [0.25, 0.3) is 0 Å². The summed E-state index contributed by atoms with van der Waals surface area (Å²) in [6.45, 7) is 1.85. The number of nitrogens with two attached hydrogens (primary N) is 2. The van der Waals surface area contributed by atoms with Crippen molar-refractivity contribution in [2.45, 2.75) is 11.8 Å². The molecule has 0 unspecified atom stereocenters. The van der Waals surface area contributed by atoms with E-state index in [-0.39, 0.29) is 4.90 Å². The fraction of sp³-hybridized carbons (Fsp3) is 0.0769. The maximum Gasteiger partial charge on any atom is 0.238 e. The van der Waals surface area contributed by atoms with Gasteiger partial charge in [-0.15, -0.1) is 0 Å². The lowest BCUT2D eigenvalue weighted by Crippen LogP contribution is -2.12. The second kappa shape index (κ2) is 5.32. The van der Waals surface area contributed by atoms with Gasteiger partial charge in [0.15, 0.2) is 0 Å². The molecule has 2 rings (SSSR count). The molecule has 106 valence electrons. The fourth-order valence-electron chi connectivity index (χ4n) is 1.71. The minimum atomic E-state index is -3.77. The lowest BCUT2D eigenvalue weighted by Gasteiger charge is -2.13. The van der Waals surface area contributed by atoms with E-state index in [2.05, 4.69) is 5.32 Å². The van der Waals surface area contributed by atoms with Gasteiger partial charge in [-0.1, -0.05) is 17.7 Å². The lowest BCUT2D eigenvalue weighted by atomic mass is 10.2. The highest BCUT2D eigenvalue weighted by Gasteiger charge is 2.11. The average Bonchev–Trinajstić information content (AvgIpc) is 2.36. The number of sulfonamides is 1. The Hall–Kier alpha value is -1.76. The highest BCUT2D eigenvalue weighted by atomic mass is 35.5. The highest BCUT2D eigenvalue weighted by molar-refractivity contribution is 7.89. The van der Waals surface area contributed by atoms with Crippen LogP contribution in [0.3, 0.4) is 0 Å². The summed E-state index contributed by atoms with van der Waals surface area (Å²) in [7, 11) is -3.77. The van der Waals surface area contributed by atoms with Crippen LogP contribution in [0.25, 0.3) is 0 Å². The second-order valence-electron chi connectivity index (χ2n) is 4.33. The molecule has 0 aliphatic rings. The molecule has 5 nitrogen and oxygen atoms in total. The minimum absolute atomic E-state index is 0.00567. The number of hydrogen-bond donors (Lipinski definition) is 3. The molecule has 20 heavy (non-hydrogen) atoms. The molecule has 2 aromatic rings. The third kappa shape index (κ3) is 3.04. The SMILES string of the molecule is Cc1c(Cl)cccc1Nc1cc(S(N)(=O)=O)ccc1N. The Kier molecular flexibility index (Phi) is 3.89. The Morgan fingerprint density at radius 3 is 2.50 bits per heavy atom. The van der Waals surface area contributed by atoms with Crippen molar-refractivity contribution in [2.75, 3.05) is 11.1 Å². The van der Waals surface area contributed by atoms with Crippen molar-refractivity contribution in [1.29, 1.82) is 0 Å². The van der Waals surface area contributed by atoms with Gasteiger partial charge in [0.05, 0.1) is 16.3 Å². The molecule has 0 saturated carbocycles. The Morgan fingerprint density at radius 2 is 1.85 bits per heavy atom. The summed E-state index contributed by atoms with van der Waals surface area (Å²) in [6.07, 6.45) is 0. The highest BCUT2D eigenvalue weighted by Crippen LogP contribution is 2.30. The van der Waals surface area contributed by atoms with Crippen molar-refractivity contribution in [3.8, 4) is 0 Å². The first-order chi connectivity index (χ1) is 9.29. The number of hydrogen-bond acceptors (Lipinski definition) is 4. The standard InChI is InChI=1S/C13H14ClN3O2S/c1-8-10(14)3-2-4-12(8)17-13-7-9(20(16,18)19)5-6-11(13)15/h2-7,17H,15H2,1H3,(H2,16,18,19). The summed E-state index contributed by atoms with van der Waals surface area (Å²) >= 11 is 6.04. The first-order valence-electron chi connectivity index (χ1n) is 5.73. The quantitative estimate of drug-likeness (QED) is 0.759.